The molecule has 18 heavy (non-hydrogen) atoms. The minimum Gasteiger partial charge on any atom is -0.507 e. The number of aromatic nitrogens is 1. The Bertz CT molecular complexity index is 725. The van der Waals surface area contributed by atoms with Gasteiger partial charge >= 0.3 is 0 Å². The van der Waals surface area contributed by atoms with Crippen molar-refractivity contribution in [3.05, 3.63) is 60.4 Å². The molecule has 0 unspecified atom stereocenters. The summed E-state index contributed by atoms with van der Waals surface area (Å²) < 4.78 is 12.9. The van der Waals surface area contributed by atoms with Crippen LogP contribution in [0.3, 0.4) is 0 Å². The highest BCUT2D eigenvalue weighted by Crippen LogP contribution is 2.29. The van der Waals surface area contributed by atoms with Gasteiger partial charge in [-0.2, -0.15) is 0 Å². The molecule has 0 atom stereocenters. The lowest BCUT2D eigenvalue weighted by molar-refractivity contribution is 0.471. The molecule has 2 aromatic carbocycles. The third-order valence-corrected chi connectivity index (χ3v) is 2.83. The van der Waals surface area contributed by atoms with E-state index in [9.17, 15) is 9.50 Å². The van der Waals surface area contributed by atoms with Gasteiger partial charge < -0.3 is 5.11 Å². The maximum Gasteiger partial charge on any atom is 0.127 e. The first kappa shape index (κ1) is 10.7. The molecule has 0 radical (unpaired) electrons. The van der Waals surface area contributed by atoms with Gasteiger partial charge in [-0.25, -0.2) is 9.37 Å². The number of phenolic OH excluding ortho intramolecular Hbond substituents is 1. The van der Waals surface area contributed by atoms with Crippen molar-refractivity contribution in [2.75, 3.05) is 0 Å². The molecule has 3 rings (SSSR count). The zero-order valence-electron chi connectivity index (χ0n) is 9.47. The summed E-state index contributed by atoms with van der Waals surface area (Å²) in [4.78, 5) is 4.45. The monoisotopic (exact) mass is 239 g/mol. The van der Waals surface area contributed by atoms with E-state index in [0.29, 0.717) is 11.3 Å². The summed E-state index contributed by atoms with van der Waals surface area (Å²) in [5.74, 6) is -0.560. The van der Waals surface area contributed by atoms with E-state index in [-0.39, 0.29) is 5.75 Å². The molecule has 3 aromatic rings. The lowest BCUT2D eigenvalue weighted by Gasteiger charge is -2.05. The number of rotatable bonds is 1. The van der Waals surface area contributed by atoms with Crippen LogP contribution in [0.15, 0.2) is 54.6 Å². The number of benzene rings is 2. The molecule has 0 aliphatic rings. The third kappa shape index (κ3) is 1.80. The van der Waals surface area contributed by atoms with E-state index in [0.717, 1.165) is 17.0 Å². The Kier molecular flexibility index (Phi) is 2.45. The molecule has 0 bridgehead atoms. The summed E-state index contributed by atoms with van der Waals surface area (Å²) in [6, 6.07) is 15.4. The van der Waals surface area contributed by atoms with Crippen LogP contribution in [0.25, 0.3) is 22.2 Å². The predicted octanol–water partition coefficient (Wildman–Crippen LogP) is 3.75. The second-order valence-corrected chi connectivity index (χ2v) is 4.05. The van der Waals surface area contributed by atoms with E-state index in [1.54, 1.807) is 0 Å². The van der Waals surface area contributed by atoms with Gasteiger partial charge in [-0.1, -0.05) is 24.3 Å². The minimum absolute atomic E-state index is 0.0993. The Hall–Kier alpha value is -2.42. The van der Waals surface area contributed by atoms with Gasteiger partial charge in [0.2, 0.25) is 0 Å². The molecule has 2 nitrogen and oxygen atoms in total. The van der Waals surface area contributed by atoms with Crippen LogP contribution in [0.5, 0.6) is 5.75 Å². The molecule has 0 saturated carbocycles. The highest BCUT2D eigenvalue weighted by atomic mass is 19.1. The highest BCUT2D eigenvalue weighted by molar-refractivity contribution is 5.82. The average Bonchev–Trinajstić information content (AvgIpc) is 2.38. The highest BCUT2D eigenvalue weighted by Gasteiger charge is 2.07. The molecule has 0 aliphatic heterocycles. The number of halogens is 1. The molecule has 0 spiro atoms. The molecule has 1 heterocycles. The van der Waals surface area contributed by atoms with Crippen molar-refractivity contribution in [3.8, 4) is 17.0 Å². The number of aromatic hydroxyl groups is 1. The number of phenols is 1. The minimum atomic E-state index is -0.461. The van der Waals surface area contributed by atoms with Crippen LogP contribution in [0, 0.1) is 5.82 Å². The van der Waals surface area contributed by atoms with Crippen LogP contribution in [0.4, 0.5) is 4.39 Å². The third-order valence-electron chi connectivity index (χ3n) is 2.83. The molecular weight excluding hydrogens is 229 g/mol. The summed E-state index contributed by atoms with van der Waals surface area (Å²) in [5, 5.41) is 10.8. The lowest BCUT2D eigenvalue weighted by atomic mass is 10.1. The Morgan fingerprint density at radius 1 is 0.944 bits per heavy atom. The number of hydrogen-bond acceptors (Lipinski definition) is 2. The molecule has 0 aliphatic carbocycles. The van der Waals surface area contributed by atoms with Gasteiger partial charge in [0, 0.05) is 17.0 Å². The second kappa shape index (κ2) is 4.11. The first-order chi connectivity index (χ1) is 8.74. The fourth-order valence-corrected chi connectivity index (χ4v) is 1.94. The lowest BCUT2D eigenvalue weighted by Crippen LogP contribution is -1.86. The summed E-state index contributed by atoms with van der Waals surface area (Å²) in [6.45, 7) is 0. The van der Waals surface area contributed by atoms with E-state index < -0.39 is 5.82 Å². The van der Waals surface area contributed by atoms with E-state index in [4.69, 9.17) is 0 Å². The Balaban J connectivity index is 2.19. The van der Waals surface area contributed by atoms with Gasteiger partial charge in [0.15, 0.2) is 0 Å². The molecule has 1 N–H and O–H groups in total. The number of hydrogen-bond donors (Lipinski definition) is 1. The fraction of sp³-hybridized carbons (Fsp3) is 0. The molecule has 0 fully saturated rings. The first-order valence-electron chi connectivity index (χ1n) is 5.59. The van der Waals surface area contributed by atoms with Crippen LogP contribution < -0.4 is 0 Å². The van der Waals surface area contributed by atoms with Crippen molar-refractivity contribution in [1.29, 1.82) is 0 Å². The average molecular weight is 239 g/mol. The zero-order chi connectivity index (χ0) is 12.5. The number of nitrogens with zero attached hydrogens (tertiary/aromatic N) is 1. The van der Waals surface area contributed by atoms with Crippen LogP contribution in [0.1, 0.15) is 0 Å². The molecular formula is C15H10FNO. The topological polar surface area (TPSA) is 33.1 Å². The first-order valence-corrected chi connectivity index (χ1v) is 5.59. The largest absolute Gasteiger partial charge is 0.507 e. The summed E-state index contributed by atoms with van der Waals surface area (Å²) in [7, 11) is 0. The number of pyridine rings is 1. The summed E-state index contributed by atoms with van der Waals surface area (Å²) in [6.07, 6.45) is 0. The Morgan fingerprint density at radius 3 is 2.61 bits per heavy atom. The summed E-state index contributed by atoms with van der Waals surface area (Å²) in [5.41, 5.74) is 2.01. The van der Waals surface area contributed by atoms with Crippen molar-refractivity contribution < 1.29 is 9.50 Å². The van der Waals surface area contributed by atoms with Gasteiger partial charge in [0.25, 0.3) is 0 Å². The fourth-order valence-electron chi connectivity index (χ4n) is 1.94. The summed E-state index contributed by atoms with van der Waals surface area (Å²) >= 11 is 0. The van der Waals surface area contributed by atoms with E-state index in [1.807, 2.05) is 36.4 Å². The van der Waals surface area contributed by atoms with Crippen molar-refractivity contribution in [2.45, 2.75) is 0 Å². The smallest absolute Gasteiger partial charge is 0.127 e. The SMILES string of the molecule is Oc1cc(F)ccc1-c1ccc2ccccc2n1. The van der Waals surface area contributed by atoms with Gasteiger partial charge in [-0.3, -0.25) is 0 Å². The Morgan fingerprint density at radius 2 is 1.78 bits per heavy atom. The maximum atomic E-state index is 12.9. The van der Waals surface area contributed by atoms with Crippen molar-refractivity contribution in [3.63, 3.8) is 0 Å². The predicted molar refractivity (Wildman–Crippen MR) is 68.8 cm³/mol. The molecule has 1 aromatic heterocycles. The van der Waals surface area contributed by atoms with Crippen LogP contribution in [0.2, 0.25) is 0 Å². The molecule has 0 saturated heterocycles. The number of fused-ring (bicyclic) bond motifs is 1. The van der Waals surface area contributed by atoms with Crippen LogP contribution in [-0.2, 0) is 0 Å². The molecule has 3 heteroatoms. The molecule has 0 amide bonds. The van der Waals surface area contributed by atoms with Crippen LogP contribution >= 0.6 is 0 Å². The molecule has 88 valence electrons. The van der Waals surface area contributed by atoms with E-state index in [1.165, 1.54) is 12.1 Å². The quantitative estimate of drug-likeness (QED) is 0.701. The van der Waals surface area contributed by atoms with E-state index in [2.05, 4.69) is 4.98 Å². The van der Waals surface area contributed by atoms with Gasteiger partial charge in [0.05, 0.1) is 11.2 Å². The van der Waals surface area contributed by atoms with Gasteiger partial charge in [-0.15, -0.1) is 0 Å². The Labute approximate surface area is 103 Å². The van der Waals surface area contributed by atoms with Crippen molar-refractivity contribution in [2.24, 2.45) is 0 Å². The van der Waals surface area contributed by atoms with Crippen LogP contribution in [-0.4, -0.2) is 10.1 Å². The van der Waals surface area contributed by atoms with Crippen molar-refractivity contribution in [1.82, 2.24) is 4.98 Å². The number of para-hydroxylation sites is 1. The maximum absolute atomic E-state index is 12.9. The van der Waals surface area contributed by atoms with Gasteiger partial charge in [0.1, 0.15) is 11.6 Å². The standard InChI is InChI=1S/C15H10FNO/c16-11-6-7-12(15(18)9-11)14-8-5-10-3-1-2-4-13(10)17-14/h1-9,18H. The second-order valence-electron chi connectivity index (χ2n) is 4.05. The zero-order valence-corrected chi connectivity index (χ0v) is 9.47. The normalized spacial score (nSPS) is 10.7. The van der Waals surface area contributed by atoms with Crippen molar-refractivity contribution >= 4 is 10.9 Å². The van der Waals surface area contributed by atoms with Gasteiger partial charge in [-0.05, 0) is 24.3 Å². The van der Waals surface area contributed by atoms with E-state index >= 15 is 0 Å².